The molecule has 1 amide bonds. The van der Waals surface area contributed by atoms with Gasteiger partial charge in [-0.2, -0.15) is 5.10 Å². The second-order valence-electron chi connectivity index (χ2n) is 19.8. The first-order chi connectivity index (χ1) is 35.7. The average Bonchev–Trinajstić information content (AvgIpc) is 3.70. The number of esters is 1. The lowest BCUT2D eigenvalue weighted by molar-refractivity contribution is -0.160. The summed E-state index contributed by atoms with van der Waals surface area (Å²) in [7, 11) is -0.0630. The highest BCUT2D eigenvalue weighted by molar-refractivity contribution is 7.91. The van der Waals surface area contributed by atoms with Crippen molar-refractivity contribution in [2.45, 2.75) is 95.4 Å². The number of nitrogens with two attached hydrogens (primary N) is 2. The van der Waals surface area contributed by atoms with E-state index in [1.165, 1.54) is 83.7 Å². The second-order valence-corrected chi connectivity index (χ2v) is 21.7. The molecule has 4 aliphatic heterocycles. The third-order valence-corrected chi connectivity index (χ3v) is 16.0. The Kier molecular flexibility index (Phi) is 18.2. The minimum absolute atomic E-state index is 0.0559. The number of benzene rings is 4. The molecule has 0 radical (unpaired) electrons. The fraction of sp³-hybridized carbons (Fsp3) is 0.418. The number of hydrazone groups is 1. The number of hydrogen-bond donors (Lipinski definition) is 8. The van der Waals surface area contributed by atoms with Gasteiger partial charge < -0.3 is 66.2 Å². The predicted molar refractivity (Wildman–Crippen MR) is 288 cm³/mol. The maximum absolute atomic E-state index is 14.4. The molecule has 1 saturated heterocycles. The number of sulfone groups is 1. The van der Waals surface area contributed by atoms with Gasteiger partial charge in [-0.15, -0.1) is 0 Å². The number of hydrogen-bond acceptors (Lipinski definition) is 19. The summed E-state index contributed by atoms with van der Waals surface area (Å²) in [6.45, 7) is 15.1. The van der Waals surface area contributed by atoms with Crippen molar-refractivity contribution in [3.63, 3.8) is 0 Å². The zero-order chi connectivity index (χ0) is 56.1. The fourth-order valence-electron chi connectivity index (χ4n) is 9.35. The number of carbonyl (C=O) groups excluding carboxylic acids is 3. The highest BCUT2D eigenvalue weighted by Crippen LogP contribution is 2.55. The average molecular weight is 1070 g/mol. The number of Topliss-reactive ketones (excluding diaryl/α,β-unsaturated/α-hetero) is 1. The summed E-state index contributed by atoms with van der Waals surface area (Å²) in [6.07, 6.45) is 4.86. The Labute approximate surface area is 442 Å². The lowest BCUT2D eigenvalue weighted by Gasteiger charge is -2.38. The van der Waals surface area contributed by atoms with E-state index in [0.29, 0.717) is 24.5 Å². The smallest absolute Gasteiger partial charge is 0.312 e. The Morgan fingerprint density at radius 2 is 1.42 bits per heavy atom. The number of aromatic hydroxyl groups is 3. The number of phenols is 3. The van der Waals surface area contributed by atoms with E-state index in [1.807, 2.05) is 7.05 Å². The van der Waals surface area contributed by atoms with E-state index in [4.69, 9.17) is 30.4 Å². The number of rotatable bonds is 6. The van der Waals surface area contributed by atoms with Crippen LogP contribution >= 0.6 is 0 Å². The van der Waals surface area contributed by atoms with Gasteiger partial charge in [-0.3, -0.25) is 19.4 Å². The number of likely N-dealkylation sites (N-methyl/N-ethyl adjacent to an activating group) is 1. The number of carbonyl (C=O) groups is 3. The number of aliphatic hydroxyl groups excluding tert-OH is 2. The van der Waals surface area contributed by atoms with Crippen molar-refractivity contribution in [1.82, 2.24) is 9.91 Å². The normalized spacial score (nSPS) is 27.4. The van der Waals surface area contributed by atoms with Crippen molar-refractivity contribution in [3.05, 3.63) is 101 Å². The van der Waals surface area contributed by atoms with Crippen molar-refractivity contribution in [1.29, 1.82) is 0 Å². The summed E-state index contributed by atoms with van der Waals surface area (Å²) in [5, 5.41) is 66.8. The lowest BCUT2D eigenvalue weighted by atomic mass is 9.78. The Bertz CT molecular complexity index is 2990. The number of phenolic OH excluding ortho intramolecular Hbond substituents is 3. The molecular weight excluding hydrogens is 1000 g/mol. The van der Waals surface area contributed by atoms with Crippen molar-refractivity contribution in [2.75, 3.05) is 57.1 Å². The Hall–Kier alpha value is -7.17. The van der Waals surface area contributed by atoms with Gasteiger partial charge in [0.25, 0.3) is 11.7 Å². The summed E-state index contributed by atoms with van der Waals surface area (Å²) < 4.78 is 47.9. The van der Waals surface area contributed by atoms with E-state index in [2.05, 4.69) is 15.3 Å². The number of ketones is 1. The Balaban J connectivity index is 0.000000464. The van der Waals surface area contributed by atoms with Gasteiger partial charge in [-0.05, 0) is 75.5 Å². The number of nitrogen functional groups attached to an aromatic ring is 2. The zero-order valence-electron chi connectivity index (χ0n) is 44.3. The largest absolute Gasteiger partial charge is 0.507 e. The van der Waals surface area contributed by atoms with Crippen LogP contribution in [-0.4, -0.2) is 138 Å². The van der Waals surface area contributed by atoms with Crippen LogP contribution in [0.2, 0.25) is 0 Å². The van der Waals surface area contributed by atoms with Crippen molar-refractivity contribution in [3.8, 4) is 23.0 Å². The quantitative estimate of drug-likeness (QED) is 0.0360. The van der Waals surface area contributed by atoms with Crippen molar-refractivity contribution in [2.24, 2.45) is 28.8 Å². The molecule has 0 saturated carbocycles. The first-order valence-electron chi connectivity index (χ1n) is 24.8. The molecule has 4 aromatic rings. The molecule has 4 aromatic carbocycles. The molecule has 1 fully saturated rings. The number of allylic oxidation sites excluding steroid dienone is 2. The fourth-order valence-corrected chi connectivity index (χ4v) is 10.6. The molecule has 0 spiro atoms. The van der Waals surface area contributed by atoms with E-state index in [0.717, 1.165) is 13.1 Å². The number of amides is 1. The minimum atomic E-state index is -3.48. The molecule has 8 rings (SSSR count). The number of fused-ring (bicyclic) bond motifs is 14. The highest BCUT2D eigenvalue weighted by Gasteiger charge is 2.50. The van der Waals surface area contributed by atoms with Gasteiger partial charge in [0.05, 0.1) is 62.8 Å². The molecule has 0 aromatic heterocycles. The van der Waals surface area contributed by atoms with Gasteiger partial charge in [-0.1, -0.05) is 45.9 Å². The first-order valence-corrected chi connectivity index (χ1v) is 26.2. The number of nitrogens with zero attached hydrogens (tertiary/aromatic N) is 3. The first kappa shape index (κ1) is 58.1. The molecule has 21 heteroatoms. The molecular formula is C55H70N6O14S. The summed E-state index contributed by atoms with van der Waals surface area (Å²) >= 11 is 0. The Morgan fingerprint density at radius 1 is 0.842 bits per heavy atom. The van der Waals surface area contributed by atoms with E-state index < -0.39 is 98.6 Å². The molecule has 410 valence electrons. The van der Waals surface area contributed by atoms with Crippen LogP contribution < -0.4 is 21.5 Å². The van der Waals surface area contributed by atoms with Gasteiger partial charge in [0.1, 0.15) is 23.4 Å². The van der Waals surface area contributed by atoms with Crippen molar-refractivity contribution >= 4 is 61.5 Å². The maximum Gasteiger partial charge on any atom is 0.312 e. The Morgan fingerprint density at radius 3 is 1.97 bits per heavy atom. The lowest BCUT2D eigenvalue weighted by Crippen LogP contribution is -2.46. The zero-order valence-corrected chi connectivity index (χ0v) is 45.2. The van der Waals surface area contributed by atoms with E-state index in [9.17, 15) is 48.3 Å². The van der Waals surface area contributed by atoms with Crippen LogP contribution in [0.3, 0.4) is 0 Å². The number of anilines is 3. The van der Waals surface area contributed by atoms with Crippen LogP contribution in [0.5, 0.6) is 23.0 Å². The molecule has 76 heavy (non-hydrogen) atoms. The summed E-state index contributed by atoms with van der Waals surface area (Å²) in [5.74, 6) is -8.34. The van der Waals surface area contributed by atoms with Crippen LogP contribution in [0.4, 0.5) is 17.1 Å². The SMILES string of the molecule is CO[C@H]1/C=C/O[C@@]2(C)Oc3c(C)c(O)c4c(O)c(c(/C=N/N5CCN(C)CC5)c(O)c4c3C2=O)NC(=O)/C(C)=C\C=C\[C@H](C)[C@H](O)[C@@H](C)[C@@H](O)[C@@H](C)[C@H](OC(C)=O)[C@@H]1C.Nc1ccc(S(=O)(=O)c2ccc(N)cc2)cc1. The van der Waals surface area contributed by atoms with Gasteiger partial charge in [0.2, 0.25) is 9.84 Å². The molecule has 4 aliphatic rings. The summed E-state index contributed by atoms with van der Waals surface area (Å²) in [5.41, 5.74) is 11.7. The van der Waals surface area contributed by atoms with Crippen molar-refractivity contribution < 1.29 is 67.3 Å². The van der Waals surface area contributed by atoms with E-state index >= 15 is 0 Å². The minimum Gasteiger partial charge on any atom is -0.507 e. The van der Waals surface area contributed by atoms with E-state index in [1.54, 1.807) is 69.1 Å². The third kappa shape index (κ3) is 12.2. The van der Waals surface area contributed by atoms with Crippen LogP contribution in [0.25, 0.3) is 10.8 Å². The molecule has 20 nitrogen and oxygen atoms in total. The molecule has 0 unspecified atom stereocenters. The van der Waals surface area contributed by atoms with Gasteiger partial charge >= 0.3 is 11.8 Å². The number of ether oxygens (including phenoxy) is 4. The molecule has 5 bridgehead atoms. The maximum atomic E-state index is 14.4. The topological polar surface area (TPSA) is 306 Å². The number of aliphatic hydroxyl groups is 2. The third-order valence-electron chi connectivity index (χ3n) is 14.2. The van der Waals surface area contributed by atoms with Crippen LogP contribution in [-0.2, 0) is 33.6 Å². The monoisotopic (exact) mass is 1070 g/mol. The van der Waals surface area contributed by atoms with Crippen LogP contribution in [0, 0.1) is 30.6 Å². The summed E-state index contributed by atoms with van der Waals surface area (Å²) in [6, 6.07) is 12.2. The predicted octanol–water partition coefficient (Wildman–Crippen LogP) is 6.02. The highest BCUT2D eigenvalue weighted by atomic mass is 32.2. The van der Waals surface area contributed by atoms with Crippen LogP contribution in [0.1, 0.15) is 70.0 Å². The summed E-state index contributed by atoms with van der Waals surface area (Å²) in [4.78, 5) is 43.1. The van der Waals surface area contributed by atoms with Gasteiger partial charge in [0, 0.05) is 98.7 Å². The standard InChI is InChI=1S/C43H58N4O12.C12H12N2O2S/c1-21-12-11-13-22(2)42(55)45-33-28(20-44-47-17-15-46(9)16-18-47)37(52)30-31(38(33)53)36(51)26(6)40-32(30)41(54)43(8,59-40)57-19-14-29(56-10)23(3)39(58-27(7)48)25(5)35(50)24(4)34(21)49;13-9-1-5-11(6-2-9)17(15,16)12-7-3-10(14)4-8-12/h11-14,19-21,23-25,29,34-35,39,49-53H,15-18H2,1-10H3,(H,45,55);1-8H,13-14H2/b12-11+,19-14+,22-13-,44-20+;/t21-,23+,24+,25+,29-,34-,35+,39+,43-;/m0./s1. The molecule has 4 heterocycles. The number of nitrogens with one attached hydrogen (secondary N) is 1. The molecule has 9 atom stereocenters. The van der Waals surface area contributed by atoms with Gasteiger partial charge in [0.15, 0.2) is 5.75 Å². The number of methoxy groups -OCH3 is 1. The second kappa shape index (κ2) is 23.8. The molecule has 10 N–H and O–H groups in total. The van der Waals surface area contributed by atoms with E-state index in [-0.39, 0.29) is 54.3 Å². The van der Waals surface area contributed by atoms with Gasteiger partial charge in [-0.25, -0.2) is 8.42 Å². The number of piperazine rings is 1. The molecule has 0 aliphatic carbocycles. The van der Waals surface area contributed by atoms with Crippen LogP contribution in [0.15, 0.2) is 99.6 Å².